The van der Waals surface area contributed by atoms with Crippen molar-refractivity contribution in [2.45, 2.75) is 30.2 Å². The molecule has 4 rings (SSSR count). The minimum Gasteiger partial charge on any atom is -0.495 e. The Morgan fingerprint density at radius 2 is 1.89 bits per heavy atom. The topological polar surface area (TPSA) is 129 Å². The predicted molar refractivity (Wildman–Crippen MR) is 138 cm³/mol. The summed E-state index contributed by atoms with van der Waals surface area (Å²) < 4.78 is 43.9. The molecule has 1 saturated heterocycles. The van der Waals surface area contributed by atoms with E-state index in [-0.39, 0.29) is 10.6 Å². The second-order valence-electron chi connectivity index (χ2n) is 8.83. The molecule has 1 unspecified atom stereocenters. The van der Waals surface area contributed by atoms with Crippen LogP contribution in [0.25, 0.3) is 0 Å². The number of fused-ring (bicyclic) bond motifs is 1. The Morgan fingerprint density at radius 3 is 2.54 bits per heavy atom. The highest BCUT2D eigenvalue weighted by Gasteiger charge is 2.41. The van der Waals surface area contributed by atoms with Gasteiger partial charge in [0.25, 0.3) is 0 Å². The number of carbonyl (C=O) groups is 1. The number of anilines is 2. The van der Waals surface area contributed by atoms with Crippen LogP contribution in [0.2, 0.25) is 0 Å². The molecule has 1 fully saturated rings. The summed E-state index contributed by atoms with van der Waals surface area (Å²) in [4.78, 5) is 18.7. The number of aliphatic imine (C=N–C) groups is 1. The van der Waals surface area contributed by atoms with Gasteiger partial charge in [-0.2, -0.15) is 0 Å². The molecule has 0 bridgehead atoms. The molecule has 2 aromatic carbocycles. The summed E-state index contributed by atoms with van der Waals surface area (Å²) >= 11 is 0. The summed E-state index contributed by atoms with van der Waals surface area (Å²) in [5.41, 5.74) is 1.33. The number of para-hydroxylation sites is 1. The van der Waals surface area contributed by atoms with Crippen LogP contribution in [0.1, 0.15) is 13.8 Å². The second kappa shape index (κ2) is 9.05. The third kappa shape index (κ3) is 4.66. The van der Waals surface area contributed by atoms with E-state index in [4.69, 9.17) is 4.74 Å². The van der Waals surface area contributed by atoms with Crippen molar-refractivity contribution in [2.75, 3.05) is 30.7 Å². The third-order valence-electron chi connectivity index (χ3n) is 5.74. The average Bonchev–Trinajstić information content (AvgIpc) is 3.13. The van der Waals surface area contributed by atoms with Gasteiger partial charge >= 0.3 is 6.03 Å². The van der Waals surface area contributed by atoms with Gasteiger partial charge in [0.1, 0.15) is 12.9 Å². The first-order valence-electron chi connectivity index (χ1n) is 10.9. The van der Waals surface area contributed by atoms with E-state index in [1.807, 2.05) is 0 Å². The van der Waals surface area contributed by atoms with Crippen molar-refractivity contribution in [3.05, 3.63) is 54.4 Å². The molecular weight excluding hydrogens is 489 g/mol. The monoisotopic (exact) mass is 517 g/mol. The number of nitrogens with one attached hydrogen (secondary N) is 3. The van der Waals surface area contributed by atoms with Crippen molar-refractivity contribution in [2.24, 2.45) is 4.99 Å². The number of carbonyl (C=O) groups excluding carboxylic acids is 1. The molecule has 10 nitrogen and oxygen atoms in total. The summed E-state index contributed by atoms with van der Waals surface area (Å²) in [6, 6.07) is 11.2. The van der Waals surface area contributed by atoms with Gasteiger partial charge in [0, 0.05) is 5.30 Å². The fourth-order valence-corrected chi connectivity index (χ4v) is 5.86. The highest BCUT2D eigenvalue weighted by molar-refractivity contribution is 7.92. The van der Waals surface area contributed by atoms with Crippen molar-refractivity contribution in [1.82, 2.24) is 10.6 Å². The summed E-state index contributed by atoms with van der Waals surface area (Å²) in [5.74, 6) is 0.809. The van der Waals surface area contributed by atoms with Gasteiger partial charge in [0.05, 0.1) is 40.5 Å². The summed E-state index contributed by atoms with van der Waals surface area (Å²) in [7, 11) is -4.61. The van der Waals surface area contributed by atoms with E-state index in [2.05, 4.69) is 20.9 Å². The molecule has 2 aromatic rings. The number of urea groups is 1. The summed E-state index contributed by atoms with van der Waals surface area (Å²) in [6.45, 7) is 6.57. The number of benzene rings is 2. The van der Waals surface area contributed by atoms with Crippen molar-refractivity contribution in [1.29, 1.82) is 0 Å². The first kappa shape index (κ1) is 24.8. The lowest BCUT2D eigenvalue weighted by atomic mass is 10.2. The van der Waals surface area contributed by atoms with Gasteiger partial charge in [0.15, 0.2) is 16.0 Å². The molecule has 0 saturated carbocycles. The van der Waals surface area contributed by atoms with Crippen LogP contribution in [0, 0.1) is 0 Å². The molecule has 3 N–H and O–H groups in total. The lowest BCUT2D eigenvalue weighted by Crippen LogP contribution is -2.50. The van der Waals surface area contributed by atoms with Gasteiger partial charge in [-0.05, 0) is 57.5 Å². The van der Waals surface area contributed by atoms with Crippen LogP contribution in [0.3, 0.4) is 0 Å². The van der Waals surface area contributed by atoms with Crippen LogP contribution in [-0.2, 0) is 14.4 Å². The highest BCUT2D eigenvalue weighted by atomic mass is 32.2. The van der Waals surface area contributed by atoms with Crippen molar-refractivity contribution in [3.63, 3.8) is 0 Å². The third-order valence-corrected chi connectivity index (χ3v) is 9.46. The number of nitrogens with zero attached hydrogens (tertiary/aromatic N) is 2. The molecule has 2 heterocycles. The number of amides is 2. The quantitative estimate of drug-likeness (QED) is 0.503. The Morgan fingerprint density at radius 1 is 1.17 bits per heavy atom. The van der Waals surface area contributed by atoms with Gasteiger partial charge in [0.2, 0.25) is 5.96 Å². The number of guanidine groups is 1. The van der Waals surface area contributed by atoms with Crippen LogP contribution in [0.4, 0.5) is 16.2 Å². The van der Waals surface area contributed by atoms with E-state index in [0.717, 1.165) is 0 Å². The smallest absolute Gasteiger partial charge is 0.328 e. The van der Waals surface area contributed by atoms with Crippen LogP contribution in [-0.4, -0.2) is 52.3 Å². The molecule has 2 aliphatic heterocycles. The lowest BCUT2D eigenvalue weighted by Gasteiger charge is -2.29. The Hall–Kier alpha value is -3.30. The Labute approximate surface area is 204 Å². The number of rotatable bonds is 6. The van der Waals surface area contributed by atoms with Crippen molar-refractivity contribution in [3.8, 4) is 5.75 Å². The number of ether oxygens (including phenoxy) is 1. The standard InChI is InChI=1S/C23H28N5O5PS/c1-14(2)35(31,32)20-9-7-6-8-18(20)28-21-17(26-23(28)29)13-24-22(27-21)25-16-11-10-15(34(4,5)30)12-19(16)33-3/h6-14,21H,1-5H3,(H,26,29)(H2,24,25,27). The SMILES string of the molecule is COc1cc(P(C)(C)=O)ccc1NC1=NC=C2NC(=O)N(c3ccccc3S(=O)(=O)C(C)C)C2N1. The molecule has 2 aliphatic rings. The largest absolute Gasteiger partial charge is 0.495 e. The van der Waals surface area contributed by atoms with Gasteiger partial charge in [-0.25, -0.2) is 18.2 Å². The molecule has 186 valence electrons. The first-order chi connectivity index (χ1) is 16.4. The van der Waals surface area contributed by atoms with E-state index in [1.165, 1.54) is 24.3 Å². The number of hydrogen-bond donors (Lipinski definition) is 3. The fourth-order valence-electron chi connectivity index (χ4n) is 3.77. The number of methoxy groups -OCH3 is 1. The summed E-state index contributed by atoms with van der Waals surface area (Å²) in [5, 5.41) is 9.06. The Balaban J connectivity index is 1.65. The van der Waals surface area contributed by atoms with Crippen LogP contribution < -0.4 is 30.9 Å². The molecule has 0 aliphatic carbocycles. The average molecular weight is 518 g/mol. The molecule has 35 heavy (non-hydrogen) atoms. The van der Waals surface area contributed by atoms with E-state index in [1.54, 1.807) is 63.6 Å². The van der Waals surface area contributed by atoms with E-state index in [9.17, 15) is 17.8 Å². The Bertz CT molecular complexity index is 1400. The second-order valence-corrected chi connectivity index (χ2v) is 14.5. The van der Waals surface area contributed by atoms with Crippen LogP contribution in [0.5, 0.6) is 5.75 Å². The first-order valence-corrected chi connectivity index (χ1v) is 15.1. The molecule has 12 heteroatoms. The minimum atomic E-state index is -3.65. The van der Waals surface area contributed by atoms with E-state index in [0.29, 0.717) is 28.4 Å². The van der Waals surface area contributed by atoms with Crippen LogP contribution in [0.15, 0.2) is 64.2 Å². The van der Waals surface area contributed by atoms with Gasteiger partial charge in [-0.3, -0.25) is 4.90 Å². The Kier molecular flexibility index (Phi) is 6.42. The fraction of sp³-hybridized carbons (Fsp3) is 0.304. The molecule has 0 aromatic heterocycles. The minimum absolute atomic E-state index is 0.0750. The summed E-state index contributed by atoms with van der Waals surface area (Å²) in [6.07, 6.45) is 0.802. The normalized spacial score (nSPS) is 17.8. The van der Waals surface area contributed by atoms with E-state index < -0.39 is 34.4 Å². The number of sulfone groups is 1. The van der Waals surface area contributed by atoms with Crippen molar-refractivity contribution < 1.29 is 22.5 Å². The molecule has 0 radical (unpaired) electrons. The lowest BCUT2D eigenvalue weighted by molar-refractivity contribution is 0.252. The maximum Gasteiger partial charge on any atom is 0.328 e. The van der Waals surface area contributed by atoms with Gasteiger partial charge < -0.3 is 25.3 Å². The zero-order valence-corrected chi connectivity index (χ0v) is 21.8. The molecule has 0 spiro atoms. The number of hydrogen-bond acceptors (Lipinski definition) is 8. The van der Waals surface area contributed by atoms with E-state index >= 15 is 0 Å². The maximum absolute atomic E-state index is 13.0. The highest BCUT2D eigenvalue weighted by Crippen LogP contribution is 2.38. The zero-order chi connectivity index (χ0) is 25.5. The van der Waals surface area contributed by atoms with Gasteiger partial charge in [-0.15, -0.1) is 0 Å². The molecule has 1 atom stereocenters. The van der Waals surface area contributed by atoms with Crippen molar-refractivity contribution >= 4 is 45.6 Å². The maximum atomic E-state index is 13.0. The zero-order valence-electron chi connectivity index (χ0n) is 20.1. The van der Waals surface area contributed by atoms with Gasteiger partial charge in [-0.1, -0.05) is 12.1 Å². The van der Waals surface area contributed by atoms with Crippen LogP contribution >= 0.6 is 7.14 Å². The molecule has 2 amide bonds. The molecular formula is C23H28N5O5PS. The predicted octanol–water partition coefficient (Wildman–Crippen LogP) is 2.89.